The summed E-state index contributed by atoms with van der Waals surface area (Å²) in [5.74, 6) is 0.943. The number of nitrogens with one attached hydrogen (secondary N) is 1. The zero-order valence-corrected chi connectivity index (χ0v) is 16.4. The topological polar surface area (TPSA) is 71.5 Å². The molecule has 0 unspecified atom stereocenters. The molecular formula is C18H21N3O3S2. The molecule has 0 radical (unpaired) electrons. The van der Waals surface area contributed by atoms with Gasteiger partial charge in [-0.15, -0.1) is 11.8 Å². The summed E-state index contributed by atoms with van der Waals surface area (Å²) in [7, 11) is 1.38. The quantitative estimate of drug-likeness (QED) is 0.789. The predicted octanol–water partition coefficient (Wildman–Crippen LogP) is 3.56. The van der Waals surface area contributed by atoms with Crippen LogP contribution in [0.3, 0.4) is 0 Å². The molecule has 1 aliphatic rings. The van der Waals surface area contributed by atoms with Crippen molar-refractivity contribution in [1.29, 1.82) is 0 Å². The average molecular weight is 392 g/mol. The number of thioether (sulfide) groups is 1. The lowest BCUT2D eigenvalue weighted by atomic mass is 10.1. The number of amides is 2. The Morgan fingerprint density at radius 1 is 1.35 bits per heavy atom. The molecule has 6 nitrogen and oxygen atoms in total. The van der Waals surface area contributed by atoms with Crippen molar-refractivity contribution in [3.8, 4) is 0 Å². The molecule has 26 heavy (non-hydrogen) atoms. The zero-order valence-electron chi connectivity index (χ0n) is 14.8. The molecule has 0 fully saturated rings. The molecule has 1 N–H and O–H groups in total. The van der Waals surface area contributed by atoms with E-state index in [1.54, 1.807) is 16.7 Å². The van der Waals surface area contributed by atoms with Gasteiger partial charge in [-0.3, -0.25) is 4.79 Å². The van der Waals surface area contributed by atoms with Gasteiger partial charge >= 0.3 is 6.09 Å². The SMILES string of the molecule is CCSc1ccc(CC(=O)Nc2nc3c(s2)CN(C(=O)OC)CC3)cc1. The van der Waals surface area contributed by atoms with Crippen molar-refractivity contribution < 1.29 is 14.3 Å². The van der Waals surface area contributed by atoms with E-state index < -0.39 is 0 Å². The van der Waals surface area contributed by atoms with E-state index in [0.717, 1.165) is 21.9 Å². The third kappa shape index (κ3) is 4.56. The molecule has 2 aromatic rings. The van der Waals surface area contributed by atoms with Gasteiger partial charge in [-0.1, -0.05) is 30.4 Å². The molecule has 0 saturated heterocycles. The maximum atomic E-state index is 12.3. The van der Waals surface area contributed by atoms with Crippen LogP contribution < -0.4 is 5.32 Å². The Balaban J connectivity index is 1.58. The van der Waals surface area contributed by atoms with Crippen molar-refractivity contribution in [2.24, 2.45) is 0 Å². The van der Waals surface area contributed by atoms with E-state index in [1.807, 2.05) is 24.3 Å². The summed E-state index contributed by atoms with van der Waals surface area (Å²) >= 11 is 3.20. The molecule has 3 rings (SSSR count). The van der Waals surface area contributed by atoms with Gasteiger partial charge in [0, 0.05) is 22.7 Å². The number of hydrogen-bond acceptors (Lipinski definition) is 6. The lowest BCUT2D eigenvalue weighted by molar-refractivity contribution is -0.115. The molecule has 138 valence electrons. The van der Waals surface area contributed by atoms with Crippen molar-refractivity contribution in [2.75, 3.05) is 24.7 Å². The van der Waals surface area contributed by atoms with Crippen LogP contribution in [-0.4, -0.2) is 41.3 Å². The van der Waals surface area contributed by atoms with Gasteiger partial charge in [-0.05, 0) is 23.4 Å². The number of fused-ring (bicyclic) bond motifs is 1. The monoisotopic (exact) mass is 391 g/mol. The molecule has 0 spiro atoms. The summed E-state index contributed by atoms with van der Waals surface area (Å²) in [5, 5.41) is 3.46. The first-order valence-corrected chi connectivity index (χ1v) is 10.2. The fourth-order valence-corrected chi connectivity index (χ4v) is 4.45. The Labute approximate surface area is 160 Å². The Morgan fingerprint density at radius 3 is 2.81 bits per heavy atom. The molecule has 0 atom stereocenters. The maximum Gasteiger partial charge on any atom is 0.409 e. The lowest BCUT2D eigenvalue weighted by Gasteiger charge is -2.24. The van der Waals surface area contributed by atoms with Gasteiger partial charge in [0.05, 0.1) is 25.8 Å². The number of anilines is 1. The van der Waals surface area contributed by atoms with Crippen LogP contribution in [0, 0.1) is 0 Å². The minimum Gasteiger partial charge on any atom is -0.453 e. The first kappa shape index (κ1) is 18.7. The number of carbonyl (C=O) groups is 2. The summed E-state index contributed by atoms with van der Waals surface area (Å²) in [6, 6.07) is 8.05. The van der Waals surface area contributed by atoms with E-state index in [1.165, 1.54) is 23.3 Å². The summed E-state index contributed by atoms with van der Waals surface area (Å²) in [6.45, 7) is 3.18. The van der Waals surface area contributed by atoms with E-state index in [-0.39, 0.29) is 12.0 Å². The molecule has 1 aliphatic heterocycles. The second kappa shape index (κ2) is 8.55. The molecule has 0 saturated carbocycles. The van der Waals surface area contributed by atoms with E-state index in [9.17, 15) is 9.59 Å². The van der Waals surface area contributed by atoms with Gasteiger partial charge in [0.15, 0.2) is 5.13 Å². The molecule has 1 aromatic carbocycles. The average Bonchev–Trinajstić information content (AvgIpc) is 3.04. The summed E-state index contributed by atoms with van der Waals surface area (Å²) < 4.78 is 4.77. The Bertz CT molecular complexity index is 789. The summed E-state index contributed by atoms with van der Waals surface area (Å²) in [4.78, 5) is 32.3. The third-order valence-corrected chi connectivity index (χ3v) is 5.90. The zero-order chi connectivity index (χ0) is 18.5. The normalized spacial score (nSPS) is 13.2. The second-order valence-corrected chi connectivity index (χ2v) is 8.25. The van der Waals surface area contributed by atoms with E-state index in [4.69, 9.17) is 4.74 Å². The maximum absolute atomic E-state index is 12.3. The number of thiazole rings is 1. The van der Waals surface area contributed by atoms with Gasteiger partial charge in [0.1, 0.15) is 0 Å². The first-order valence-electron chi connectivity index (χ1n) is 8.42. The van der Waals surface area contributed by atoms with Crippen LogP contribution in [0.1, 0.15) is 23.1 Å². The number of aromatic nitrogens is 1. The van der Waals surface area contributed by atoms with E-state index in [0.29, 0.717) is 31.1 Å². The standard InChI is InChI=1S/C18H21N3O3S2/c1-3-25-13-6-4-12(5-7-13)10-16(22)20-17-19-14-8-9-21(18(23)24-2)11-15(14)26-17/h4-7H,3,8-11H2,1-2H3,(H,19,20,22). The molecule has 1 aromatic heterocycles. The van der Waals surface area contributed by atoms with E-state index >= 15 is 0 Å². The van der Waals surface area contributed by atoms with Crippen LogP contribution in [0.2, 0.25) is 0 Å². The highest BCUT2D eigenvalue weighted by Gasteiger charge is 2.24. The number of methoxy groups -OCH3 is 1. The molecule has 0 bridgehead atoms. The molecule has 8 heteroatoms. The minimum atomic E-state index is -0.334. The summed E-state index contributed by atoms with van der Waals surface area (Å²) in [6.07, 6.45) is 0.655. The van der Waals surface area contributed by atoms with Crippen molar-refractivity contribution in [1.82, 2.24) is 9.88 Å². The molecule has 2 heterocycles. The van der Waals surface area contributed by atoms with Crippen molar-refractivity contribution >= 4 is 40.2 Å². The van der Waals surface area contributed by atoms with Crippen LogP contribution in [-0.2, 0) is 28.9 Å². The molecule has 0 aliphatic carbocycles. The van der Waals surface area contributed by atoms with Crippen LogP contribution in [0.25, 0.3) is 0 Å². The van der Waals surface area contributed by atoms with Crippen LogP contribution in [0.4, 0.5) is 9.93 Å². The highest BCUT2D eigenvalue weighted by Crippen LogP contribution is 2.28. The van der Waals surface area contributed by atoms with Gasteiger partial charge in [0.2, 0.25) is 5.91 Å². The Morgan fingerprint density at radius 2 is 2.12 bits per heavy atom. The van der Waals surface area contributed by atoms with Crippen molar-refractivity contribution in [2.45, 2.75) is 31.2 Å². The second-order valence-electron chi connectivity index (χ2n) is 5.83. The largest absolute Gasteiger partial charge is 0.453 e. The van der Waals surface area contributed by atoms with Crippen molar-refractivity contribution in [3.63, 3.8) is 0 Å². The highest BCUT2D eigenvalue weighted by molar-refractivity contribution is 7.99. The number of ether oxygens (including phenoxy) is 1. The fourth-order valence-electron chi connectivity index (χ4n) is 2.75. The number of nitrogens with zero attached hydrogens (tertiary/aromatic N) is 2. The molecule has 2 amide bonds. The minimum absolute atomic E-state index is 0.0863. The fraction of sp³-hybridized carbons (Fsp3) is 0.389. The van der Waals surface area contributed by atoms with Crippen molar-refractivity contribution in [3.05, 3.63) is 40.4 Å². The lowest BCUT2D eigenvalue weighted by Crippen LogP contribution is -2.35. The number of benzene rings is 1. The van der Waals surface area contributed by atoms with Gasteiger partial charge in [0.25, 0.3) is 0 Å². The summed E-state index contributed by atoms with van der Waals surface area (Å²) in [5.41, 5.74) is 1.92. The Hall–Kier alpha value is -2.06. The molecular weight excluding hydrogens is 370 g/mol. The van der Waals surface area contributed by atoms with Crippen LogP contribution >= 0.6 is 23.1 Å². The Kier molecular flexibility index (Phi) is 6.16. The van der Waals surface area contributed by atoms with Crippen LogP contribution in [0.15, 0.2) is 29.2 Å². The van der Waals surface area contributed by atoms with Crippen LogP contribution in [0.5, 0.6) is 0 Å². The van der Waals surface area contributed by atoms with Gasteiger partial charge in [-0.25, -0.2) is 9.78 Å². The highest BCUT2D eigenvalue weighted by atomic mass is 32.2. The van der Waals surface area contributed by atoms with Gasteiger partial charge in [-0.2, -0.15) is 0 Å². The number of rotatable bonds is 5. The number of carbonyl (C=O) groups excluding carboxylic acids is 2. The predicted molar refractivity (Wildman–Crippen MR) is 104 cm³/mol. The third-order valence-electron chi connectivity index (χ3n) is 4.01. The number of hydrogen-bond donors (Lipinski definition) is 1. The first-order chi connectivity index (χ1) is 12.6. The van der Waals surface area contributed by atoms with Gasteiger partial charge < -0.3 is 15.0 Å². The smallest absolute Gasteiger partial charge is 0.409 e. The van der Waals surface area contributed by atoms with E-state index in [2.05, 4.69) is 17.2 Å².